The maximum absolute atomic E-state index is 11.1. The van der Waals surface area contributed by atoms with Crippen LogP contribution in [-0.2, 0) is 9.53 Å². The Balaban J connectivity index is 2.58. The summed E-state index contributed by atoms with van der Waals surface area (Å²) in [6.45, 7) is 4.88. The molecular formula is C11H20O4. The fraction of sp³-hybridized carbons (Fsp3) is 0.909. The van der Waals surface area contributed by atoms with E-state index in [1.807, 2.05) is 0 Å². The van der Waals surface area contributed by atoms with Crippen molar-refractivity contribution in [2.75, 3.05) is 0 Å². The lowest BCUT2D eigenvalue weighted by Crippen LogP contribution is -2.44. The lowest BCUT2D eigenvalue weighted by atomic mass is 9.98. The monoisotopic (exact) mass is 216 g/mol. The molecule has 1 saturated carbocycles. The summed E-state index contributed by atoms with van der Waals surface area (Å²) in [6.07, 6.45) is 1.62. The molecule has 2 N–H and O–H groups in total. The Bertz CT molecular complexity index is 235. The number of carbonyl (C=O) groups is 1. The van der Waals surface area contributed by atoms with Gasteiger partial charge >= 0.3 is 5.97 Å². The second kappa shape index (κ2) is 4.49. The summed E-state index contributed by atoms with van der Waals surface area (Å²) in [6, 6.07) is 0. The van der Waals surface area contributed by atoms with Crippen molar-refractivity contribution in [3.8, 4) is 0 Å². The van der Waals surface area contributed by atoms with Crippen LogP contribution in [0.2, 0.25) is 0 Å². The van der Waals surface area contributed by atoms with Crippen molar-refractivity contribution >= 4 is 5.97 Å². The van der Waals surface area contributed by atoms with Gasteiger partial charge in [-0.2, -0.15) is 0 Å². The molecule has 15 heavy (non-hydrogen) atoms. The Morgan fingerprint density at radius 1 is 1.53 bits per heavy atom. The summed E-state index contributed by atoms with van der Waals surface area (Å²) in [5, 5.41) is 18.4. The van der Waals surface area contributed by atoms with Crippen molar-refractivity contribution in [2.45, 2.75) is 57.8 Å². The van der Waals surface area contributed by atoms with E-state index in [0.717, 1.165) is 12.8 Å². The van der Waals surface area contributed by atoms with E-state index < -0.39 is 23.8 Å². The molecule has 3 unspecified atom stereocenters. The number of aliphatic hydroxyl groups is 1. The zero-order valence-corrected chi connectivity index (χ0v) is 9.56. The van der Waals surface area contributed by atoms with Crippen molar-refractivity contribution in [3.05, 3.63) is 0 Å². The van der Waals surface area contributed by atoms with Gasteiger partial charge in [0.15, 0.2) is 5.60 Å². The third kappa shape index (κ3) is 3.47. The first-order valence-electron chi connectivity index (χ1n) is 5.44. The molecule has 0 heterocycles. The number of hydrogen-bond acceptors (Lipinski definition) is 3. The van der Waals surface area contributed by atoms with Crippen LogP contribution in [0.4, 0.5) is 0 Å². The number of aliphatic hydroxyl groups excluding tert-OH is 1. The Kier molecular flexibility index (Phi) is 3.73. The molecule has 0 spiro atoms. The van der Waals surface area contributed by atoms with Gasteiger partial charge in [0.1, 0.15) is 0 Å². The molecule has 0 amide bonds. The summed E-state index contributed by atoms with van der Waals surface area (Å²) < 4.78 is 5.46. The lowest BCUT2D eigenvalue weighted by Gasteiger charge is -2.30. The molecule has 4 nitrogen and oxygen atoms in total. The smallest absolute Gasteiger partial charge is 0.335 e. The van der Waals surface area contributed by atoms with Crippen molar-refractivity contribution in [2.24, 2.45) is 5.92 Å². The highest BCUT2D eigenvalue weighted by Crippen LogP contribution is 2.38. The fourth-order valence-corrected chi connectivity index (χ4v) is 1.57. The maximum atomic E-state index is 11.1. The highest BCUT2D eigenvalue weighted by molar-refractivity contribution is 5.77. The molecule has 1 aliphatic carbocycles. The van der Waals surface area contributed by atoms with Crippen LogP contribution >= 0.6 is 0 Å². The van der Waals surface area contributed by atoms with E-state index >= 15 is 0 Å². The second-order valence-electron chi connectivity index (χ2n) is 4.75. The van der Waals surface area contributed by atoms with Crippen LogP contribution < -0.4 is 0 Å². The molecule has 0 aromatic carbocycles. The van der Waals surface area contributed by atoms with Gasteiger partial charge < -0.3 is 14.9 Å². The molecule has 0 bridgehead atoms. The van der Waals surface area contributed by atoms with E-state index in [9.17, 15) is 9.90 Å². The zero-order valence-electron chi connectivity index (χ0n) is 9.56. The fourth-order valence-electron chi connectivity index (χ4n) is 1.57. The molecule has 0 aromatic rings. The second-order valence-corrected chi connectivity index (χ2v) is 4.75. The molecular weight excluding hydrogens is 196 g/mol. The first kappa shape index (κ1) is 12.5. The first-order chi connectivity index (χ1) is 6.85. The van der Waals surface area contributed by atoms with Crippen LogP contribution in [0.1, 0.15) is 40.0 Å². The quantitative estimate of drug-likeness (QED) is 0.704. The van der Waals surface area contributed by atoms with Gasteiger partial charge in [0, 0.05) is 0 Å². The minimum atomic E-state index is -1.16. The molecule has 1 fully saturated rings. The van der Waals surface area contributed by atoms with E-state index in [1.54, 1.807) is 20.8 Å². The van der Waals surface area contributed by atoms with Crippen molar-refractivity contribution in [1.29, 1.82) is 0 Å². The summed E-state index contributed by atoms with van der Waals surface area (Å²) in [4.78, 5) is 11.1. The summed E-state index contributed by atoms with van der Waals surface area (Å²) in [5.41, 5.74) is -1.16. The number of carboxylic acids is 1. The average molecular weight is 216 g/mol. The number of hydrogen-bond donors (Lipinski definition) is 2. The topological polar surface area (TPSA) is 66.8 Å². The molecule has 88 valence electrons. The lowest BCUT2D eigenvalue weighted by molar-refractivity contribution is -0.178. The van der Waals surface area contributed by atoms with Gasteiger partial charge in [0.25, 0.3) is 0 Å². The van der Waals surface area contributed by atoms with Gasteiger partial charge in [-0.1, -0.05) is 12.8 Å². The number of carboxylic acid groups (broad SMARTS) is 1. The predicted octanol–water partition coefficient (Wildman–Crippen LogP) is 1.42. The third-order valence-corrected chi connectivity index (χ3v) is 2.95. The molecule has 1 aliphatic rings. The zero-order chi connectivity index (χ0) is 11.6. The third-order valence-electron chi connectivity index (χ3n) is 2.95. The van der Waals surface area contributed by atoms with Gasteiger partial charge in [-0.15, -0.1) is 0 Å². The van der Waals surface area contributed by atoms with Crippen LogP contribution in [-0.4, -0.2) is 34.0 Å². The van der Waals surface area contributed by atoms with E-state index in [2.05, 4.69) is 0 Å². The molecule has 4 heteroatoms. The predicted molar refractivity (Wildman–Crippen MR) is 55.6 cm³/mol. The van der Waals surface area contributed by atoms with Gasteiger partial charge in [-0.3, -0.25) is 0 Å². The van der Waals surface area contributed by atoms with Gasteiger partial charge in [-0.05, 0) is 33.1 Å². The van der Waals surface area contributed by atoms with Crippen LogP contribution in [0.5, 0.6) is 0 Å². The van der Waals surface area contributed by atoms with Crippen LogP contribution in [0.15, 0.2) is 0 Å². The summed E-state index contributed by atoms with van der Waals surface area (Å²) >= 11 is 0. The molecule has 0 radical (unpaired) electrons. The van der Waals surface area contributed by atoms with Gasteiger partial charge in [-0.25, -0.2) is 4.79 Å². The molecule has 0 aromatic heterocycles. The van der Waals surface area contributed by atoms with Gasteiger partial charge in [0.05, 0.1) is 12.2 Å². The highest BCUT2D eigenvalue weighted by atomic mass is 16.5. The van der Waals surface area contributed by atoms with E-state index in [4.69, 9.17) is 9.84 Å². The van der Waals surface area contributed by atoms with Gasteiger partial charge in [0.2, 0.25) is 0 Å². The molecule has 3 atom stereocenters. The van der Waals surface area contributed by atoms with Crippen molar-refractivity contribution in [1.82, 2.24) is 0 Å². The minimum absolute atomic E-state index is 0.454. The standard InChI is InChI=1S/C11H20O4/c1-7(12)8(2)15-11(3,10(13)14)6-9-4-5-9/h7-9,12H,4-6H2,1-3H3,(H,13,14). The first-order valence-corrected chi connectivity index (χ1v) is 5.44. The largest absolute Gasteiger partial charge is 0.479 e. The van der Waals surface area contributed by atoms with Crippen molar-refractivity contribution in [3.63, 3.8) is 0 Å². The van der Waals surface area contributed by atoms with Crippen LogP contribution in [0.25, 0.3) is 0 Å². The SMILES string of the molecule is CC(O)C(C)OC(C)(CC1CC1)C(=O)O. The summed E-state index contributed by atoms with van der Waals surface area (Å²) in [7, 11) is 0. The molecule has 0 aliphatic heterocycles. The molecule has 1 rings (SSSR count). The summed E-state index contributed by atoms with van der Waals surface area (Å²) in [5.74, 6) is -0.464. The number of ether oxygens (including phenoxy) is 1. The van der Waals surface area contributed by atoms with E-state index in [-0.39, 0.29) is 0 Å². The molecule has 0 saturated heterocycles. The number of rotatable bonds is 6. The van der Waals surface area contributed by atoms with E-state index in [1.165, 1.54) is 0 Å². The maximum Gasteiger partial charge on any atom is 0.335 e. The normalized spacial score (nSPS) is 24.3. The number of aliphatic carboxylic acids is 1. The van der Waals surface area contributed by atoms with Crippen molar-refractivity contribution < 1.29 is 19.7 Å². The van der Waals surface area contributed by atoms with E-state index in [0.29, 0.717) is 12.3 Å². The minimum Gasteiger partial charge on any atom is -0.479 e. The Morgan fingerprint density at radius 3 is 2.40 bits per heavy atom. The Morgan fingerprint density at radius 2 is 2.07 bits per heavy atom. The highest BCUT2D eigenvalue weighted by Gasteiger charge is 2.41. The van der Waals surface area contributed by atoms with Crippen LogP contribution in [0.3, 0.4) is 0 Å². The Labute approximate surface area is 90.2 Å². The average Bonchev–Trinajstić information content (AvgIpc) is 2.87. The van der Waals surface area contributed by atoms with Crippen LogP contribution in [0, 0.1) is 5.92 Å². The Hall–Kier alpha value is -0.610.